The first-order valence-corrected chi connectivity index (χ1v) is 4.08. The van der Waals surface area contributed by atoms with Crippen molar-refractivity contribution >= 4 is 0 Å². The Balaban J connectivity index is 2.15. The molecular weight excluding hydrogens is 154 g/mol. The van der Waals surface area contributed by atoms with Gasteiger partial charge in [-0.2, -0.15) is 5.10 Å². The number of aromatic nitrogens is 2. The minimum absolute atomic E-state index is 0.633. The van der Waals surface area contributed by atoms with Crippen LogP contribution in [0.25, 0.3) is 0 Å². The van der Waals surface area contributed by atoms with Gasteiger partial charge in [0.2, 0.25) is 0 Å². The van der Waals surface area contributed by atoms with Gasteiger partial charge in [-0.3, -0.25) is 4.68 Å². The number of ether oxygens (including phenoxy) is 1. The summed E-state index contributed by atoms with van der Waals surface area (Å²) in [5.41, 5.74) is 6.42. The molecule has 0 radical (unpaired) electrons. The zero-order valence-electron chi connectivity index (χ0n) is 7.36. The van der Waals surface area contributed by atoms with Crippen molar-refractivity contribution in [3.8, 4) is 0 Å². The molecule has 1 aromatic rings. The van der Waals surface area contributed by atoms with Crippen LogP contribution in [0.15, 0.2) is 12.4 Å². The summed E-state index contributed by atoms with van der Waals surface area (Å²) >= 11 is 0. The number of rotatable bonds is 5. The van der Waals surface area contributed by atoms with E-state index in [0.29, 0.717) is 13.2 Å². The van der Waals surface area contributed by atoms with Gasteiger partial charge in [0, 0.05) is 25.4 Å². The molecule has 68 valence electrons. The molecule has 0 atom stereocenters. The molecule has 0 fully saturated rings. The zero-order chi connectivity index (χ0) is 8.81. The van der Waals surface area contributed by atoms with Crippen LogP contribution in [0, 0.1) is 0 Å². The number of hydrogen-bond donors (Lipinski definition) is 1. The van der Waals surface area contributed by atoms with Crippen LogP contribution in [0.1, 0.15) is 12.0 Å². The number of hydrogen-bond acceptors (Lipinski definition) is 3. The SMILES string of the molecule is Cn1cc(COCCCN)cn1. The quantitative estimate of drug-likeness (QED) is 0.644. The predicted octanol–water partition coefficient (Wildman–Crippen LogP) is 0.285. The summed E-state index contributed by atoms with van der Waals surface area (Å²) in [6.45, 7) is 2.05. The average molecular weight is 169 g/mol. The topological polar surface area (TPSA) is 53.1 Å². The Bertz CT molecular complexity index is 222. The summed E-state index contributed by atoms with van der Waals surface area (Å²) < 4.78 is 7.11. The first kappa shape index (κ1) is 9.22. The van der Waals surface area contributed by atoms with Crippen molar-refractivity contribution in [3.63, 3.8) is 0 Å². The Kier molecular flexibility index (Phi) is 3.76. The van der Waals surface area contributed by atoms with Gasteiger partial charge in [-0.25, -0.2) is 0 Å². The molecule has 4 heteroatoms. The van der Waals surface area contributed by atoms with Crippen LogP contribution in [-0.2, 0) is 18.4 Å². The monoisotopic (exact) mass is 169 g/mol. The fourth-order valence-electron chi connectivity index (χ4n) is 0.922. The van der Waals surface area contributed by atoms with Crippen LogP contribution in [0.2, 0.25) is 0 Å². The minimum Gasteiger partial charge on any atom is -0.377 e. The van der Waals surface area contributed by atoms with Gasteiger partial charge >= 0.3 is 0 Å². The molecule has 0 bridgehead atoms. The highest BCUT2D eigenvalue weighted by Crippen LogP contribution is 1.98. The van der Waals surface area contributed by atoms with Crippen molar-refractivity contribution < 1.29 is 4.74 Å². The molecule has 0 unspecified atom stereocenters. The van der Waals surface area contributed by atoms with E-state index in [1.807, 2.05) is 19.4 Å². The first-order chi connectivity index (χ1) is 5.83. The average Bonchev–Trinajstić information content (AvgIpc) is 2.45. The van der Waals surface area contributed by atoms with Gasteiger partial charge in [0.15, 0.2) is 0 Å². The molecular formula is C8H15N3O. The Morgan fingerprint density at radius 3 is 3.08 bits per heavy atom. The van der Waals surface area contributed by atoms with Crippen LogP contribution in [0.3, 0.4) is 0 Å². The second kappa shape index (κ2) is 4.90. The van der Waals surface area contributed by atoms with Crippen LogP contribution in [-0.4, -0.2) is 22.9 Å². The van der Waals surface area contributed by atoms with Gasteiger partial charge in [0.1, 0.15) is 0 Å². The van der Waals surface area contributed by atoms with Gasteiger partial charge < -0.3 is 10.5 Å². The maximum absolute atomic E-state index is 5.34. The van der Waals surface area contributed by atoms with E-state index in [4.69, 9.17) is 10.5 Å². The number of aryl methyl sites for hydroxylation is 1. The molecule has 0 aliphatic carbocycles. The molecule has 0 saturated carbocycles. The molecule has 1 rings (SSSR count). The smallest absolute Gasteiger partial charge is 0.0747 e. The molecule has 1 aromatic heterocycles. The van der Waals surface area contributed by atoms with Crippen molar-refractivity contribution in [3.05, 3.63) is 18.0 Å². The van der Waals surface area contributed by atoms with Crippen molar-refractivity contribution in [1.82, 2.24) is 9.78 Å². The number of nitrogens with zero attached hydrogens (tertiary/aromatic N) is 2. The summed E-state index contributed by atoms with van der Waals surface area (Å²) in [5, 5.41) is 4.03. The summed E-state index contributed by atoms with van der Waals surface area (Å²) in [7, 11) is 1.89. The second-order valence-corrected chi connectivity index (χ2v) is 2.72. The van der Waals surface area contributed by atoms with E-state index in [2.05, 4.69) is 5.10 Å². The van der Waals surface area contributed by atoms with E-state index < -0.39 is 0 Å². The van der Waals surface area contributed by atoms with Crippen molar-refractivity contribution in [1.29, 1.82) is 0 Å². The Labute approximate surface area is 72.3 Å². The van der Waals surface area contributed by atoms with Crippen LogP contribution in [0.5, 0.6) is 0 Å². The van der Waals surface area contributed by atoms with Crippen molar-refractivity contribution in [2.75, 3.05) is 13.2 Å². The fraction of sp³-hybridized carbons (Fsp3) is 0.625. The summed E-state index contributed by atoms with van der Waals surface area (Å²) in [6.07, 6.45) is 4.67. The standard InChI is InChI=1S/C8H15N3O/c1-11-6-8(5-10-11)7-12-4-2-3-9/h5-6H,2-4,7,9H2,1H3. The van der Waals surface area contributed by atoms with Crippen LogP contribution >= 0.6 is 0 Å². The molecule has 2 N–H and O–H groups in total. The minimum atomic E-state index is 0.633. The van der Waals surface area contributed by atoms with E-state index in [1.165, 1.54) is 0 Å². The Morgan fingerprint density at radius 2 is 2.50 bits per heavy atom. The lowest BCUT2D eigenvalue weighted by Gasteiger charge is -1.99. The van der Waals surface area contributed by atoms with Gasteiger partial charge in [-0.1, -0.05) is 0 Å². The van der Waals surface area contributed by atoms with Crippen molar-refractivity contribution in [2.24, 2.45) is 12.8 Å². The zero-order valence-corrected chi connectivity index (χ0v) is 7.36. The third-order valence-electron chi connectivity index (χ3n) is 1.52. The van der Waals surface area contributed by atoms with Crippen LogP contribution < -0.4 is 5.73 Å². The number of nitrogens with two attached hydrogens (primary N) is 1. The fourth-order valence-corrected chi connectivity index (χ4v) is 0.922. The van der Waals surface area contributed by atoms with Gasteiger partial charge in [0.05, 0.1) is 12.8 Å². The third kappa shape index (κ3) is 3.02. The largest absolute Gasteiger partial charge is 0.377 e. The molecule has 1 heterocycles. The Hall–Kier alpha value is -0.870. The third-order valence-corrected chi connectivity index (χ3v) is 1.52. The highest BCUT2D eigenvalue weighted by Gasteiger charge is 1.94. The lowest BCUT2D eigenvalue weighted by molar-refractivity contribution is 0.120. The van der Waals surface area contributed by atoms with E-state index in [1.54, 1.807) is 4.68 Å². The molecule has 0 saturated heterocycles. The first-order valence-electron chi connectivity index (χ1n) is 4.08. The van der Waals surface area contributed by atoms with E-state index >= 15 is 0 Å². The summed E-state index contributed by atoms with van der Waals surface area (Å²) in [6, 6.07) is 0. The molecule has 12 heavy (non-hydrogen) atoms. The van der Waals surface area contributed by atoms with Crippen molar-refractivity contribution in [2.45, 2.75) is 13.0 Å². The lowest BCUT2D eigenvalue weighted by atomic mass is 10.4. The van der Waals surface area contributed by atoms with Gasteiger partial charge in [-0.15, -0.1) is 0 Å². The predicted molar refractivity (Wildman–Crippen MR) is 46.5 cm³/mol. The summed E-state index contributed by atoms with van der Waals surface area (Å²) in [4.78, 5) is 0. The second-order valence-electron chi connectivity index (χ2n) is 2.72. The molecule has 4 nitrogen and oxygen atoms in total. The maximum atomic E-state index is 5.34. The molecule has 0 aliphatic heterocycles. The van der Waals surface area contributed by atoms with E-state index in [9.17, 15) is 0 Å². The van der Waals surface area contributed by atoms with E-state index in [0.717, 1.165) is 18.6 Å². The highest BCUT2D eigenvalue weighted by molar-refractivity contribution is 5.01. The maximum Gasteiger partial charge on any atom is 0.0747 e. The molecule has 0 aromatic carbocycles. The highest BCUT2D eigenvalue weighted by atomic mass is 16.5. The normalized spacial score (nSPS) is 10.5. The molecule has 0 aliphatic rings. The molecule has 0 spiro atoms. The van der Waals surface area contributed by atoms with E-state index in [-0.39, 0.29) is 0 Å². The van der Waals surface area contributed by atoms with Gasteiger partial charge in [-0.05, 0) is 13.0 Å². The van der Waals surface area contributed by atoms with Gasteiger partial charge in [0.25, 0.3) is 0 Å². The molecule has 0 amide bonds. The van der Waals surface area contributed by atoms with Crippen LogP contribution in [0.4, 0.5) is 0 Å². The lowest BCUT2D eigenvalue weighted by Crippen LogP contribution is -2.04. The summed E-state index contributed by atoms with van der Waals surface area (Å²) in [5.74, 6) is 0. The Morgan fingerprint density at radius 1 is 1.67 bits per heavy atom.